The highest BCUT2D eigenvalue weighted by molar-refractivity contribution is 6.32. The summed E-state index contributed by atoms with van der Waals surface area (Å²) in [6.45, 7) is 4.50. The molecule has 8 heteroatoms. The summed E-state index contributed by atoms with van der Waals surface area (Å²) in [7, 11) is 0. The van der Waals surface area contributed by atoms with Crippen LogP contribution in [0.4, 0.5) is 11.4 Å². The van der Waals surface area contributed by atoms with Gasteiger partial charge in [0, 0.05) is 23.4 Å². The van der Waals surface area contributed by atoms with Gasteiger partial charge in [0.05, 0.1) is 16.6 Å². The fourth-order valence-electron chi connectivity index (χ4n) is 2.81. The van der Waals surface area contributed by atoms with E-state index in [2.05, 4.69) is 5.32 Å². The number of rotatable bonds is 8. The fourth-order valence-corrected chi connectivity index (χ4v) is 3.08. The molecule has 160 valence electrons. The number of nitrogens with one attached hydrogen (secondary N) is 1. The fraction of sp³-hybridized carbons (Fsp3) is 0.174. The van der Waals surface area contributed by atoms with Crippen LogP contribution in [0.25, 0.3) is 0 Å². The van der Waals surface area contributed by atoms with Crippen molar-refractivity contribution in [2.45, 2.75) is 20.5 Å². The van der Waals surface area contributed by atoms with Gasteiger partial charge in [-0.2, -0.15) is 0 Å². The quantitative estimate of drug-likeness (QED) is 0.353. The minimum Gasteiger partial charge on any atom is -0.490 e. The summed E-state index contributed by atoms with van der Waals surface area (Å²) in [4.78, 5) is 22.9. The highest BCUT2D eigenvalue weighted by atomic mass is 35.5. The van der Waals surface area contributed by atoms with Crippen LogP contribution in [-0.4, -0.2) is 17.4 Å². The van der Waals surface area contributed by atoms with E-state index in [4.69, 9.17) is 21.1 Å². The van der Waals surface area contributed by atoms with Crippen LogP contribution < -0.4 is 14.8 Å². The summed E-state index contributed by atoms with van der Waals surface area (Å²) < 4.78 is 11.5. The summed E-state index contributed by atoms with van der Waals surface area (Å²) in [6.07, 6.45) is 0. The van der Waals surface area contributed by atoms with Crippen LogP contribution in [0.1, 0.15) is 28.4 Å². The SMILES string of the molecule is CCOc1cc(C(=O)Nc2ccc([N+](=O)[O-])cc2)cc(Cl)c1OCc1ccc(C)cc1. The number of ether oxygens (including phenoxy) is 2. The molecule has 0 heterocycles. The Bertz CT molecular complexity index is 1080. The third-order valence-electron chi connectivity index (χ3n) is 4.41. The summed E-state index contributed by atoms with van der Waals surface area (Å²) in [5, 5.41) is 13.7. The maximum atomic E-state index is 12.7. The molecule has 1 N–H and O–H groups in total. The van der Waals surface area contributed by atoms with Crippen LogP contribution in [0.2, 0.25) is 5.02 Å². The second-order valence-electron chi connectivity index (χ2n) is 6.75. The second kappa shape index (κ2) is 9.95. The number of amides is 1. The number of aryl methyl sites for hydroxylation is 1. The number of hydrogen-bond acceptors (Lipinski definition) is 5. The number of nitrogens with zero attached hydrogens (tertiary/aromatic N) is 1. The Labute approximate surface area is 184 Å². The summed E-state index contributed by atoms with van der Waals surface area (Å²) in [5.74, 6) is 0.286. The van der Waals surface area contributed by atoms with E-state index in [1.165, 1.54) is 30.3 Å². The van der Waals surface area contributed by atoms with E-state index >= 15 is 0 Å². The summed E-state index contributed by atoms with van der Waals surface area (Å²) >= 11 is 6.40. The van der Waals surface area contributed by atoms with Crippen molar-refractivity contribution in [3.8, 4) is 11.5 Å². The lowest BCUT2D eigenvalue weighted by Crippen LogP contribution is -2.12. The molecule has 31 heavy (non-hydrogen) atoms. The van der Waals surface area contributed by atoms with Gasteiger partial charge in [0.1, 0.15) is 6.61 Å². The molecular formula is C23H21ClN2O5. The van der Waals surface area contributed by atoms with Crippen molar-refractivity contribution in [2.24, 2.45) is 0 Å². The number of non-ortho nitro benzene ring substituents is 1. The van der Waals surface area contributed by atoms with Crippen molar-refractivity contribution in [3.05, 3.63) is 92.5 Å². The molecule has 0 spiro atoms. The van der Waals surface area contributed by atoms with Crippen LogP contribution in [0.5, 0.6) is 11.5 Å². The van der Waals surface area contributed by atoms with Crippen molar-refractivity contribution in [2.75, 3.05) is 11.9 Å². The topological polar surface area (TPSA) is 90.7 Å². The lowest BCUT2D eigenvalue weighted by molar-refractivity contribution is -0.384. The van der Waals surface area contributed by atoms with Gasteiger partial charge in [-0.15, -0.1) is 0 Å². The molecule has 0 aromatic heterocycles. The van der Waals surface area contributed by atoms with Gasteiger partial charge in [-0.3, -0.25) is 14.9 Å². The average molecular weight is 441 g/mol. The van der Waals surface area contributed by atoms with Crippen LogP contribution in [-0.2, 0) is 6.61 Å². The van der Waals surface area contributed by atoms with Gasteiger partial charge < -0.3 is 14.8 Å². The molecular weight excluding hydrogens is 420 g/mol. The molecule has 0 radical (unpaired) electrons. The van der Waals surface area contributed by atoms with Gasteiger partial charge in [0.25, 0.3) is 11.6 Å². The van der Waals surface area contributed by atoms with Gasteiger partial charge in [-0.1, -0.05) is 41.4 Å². The monoisotopic (exact) mass is 440 g/mol. The highest BCUT2D eigenvalue weighted by Crippen LogP contribution is 2.37. The number of carbonyl (C=O) groups excluding carboxylic acids is 1. The minimum atomic E-state index is -0.505. The van der Waals surface area contributed by atoms with Crippen molar-refractivity contribution < 1.29 is 19.2 Å². The van der Waals surface area contributed by atoms with Gasteiger partial charge in [-0.05, 0) is 43.7 Å². The number of nitro groups is 1. The standard InChI is InChI=1S/C23H21ClN2O5/c1-3-30-21-13-17(23(27)25-18-8-10-19(11-9-18)26(28)29)12-20(24)22(21)31-14-16-6-4-15(2)5-7-16/h4-13H,3,14H2,1-2H3,(H,25,27). The number of halogens is 1. The molecule has 1 amide bonds. The Hall–Kier alpha value is -3.58. The van der Waals surface area contributed by atoms with Crippen molar-refractivity contribution in [1.29, 1.82) is 0 Å². The molecule has 3 aromatic carbocycles. The van der Waals surface area contributed by atoms with E-state index < -0.39 is 10.8 Å². The molecule has 0 aliphatic heterocycles. The first-order valence-electron chi connectivity index (χ1n) is 9.58. The second-order valence-corrected chi connectivity index (χ2v) is 7.16. The Morgan fingerprint density at radius 3 is 2.35 bits per heavy atom. The first kappa shape index (κ1) is 22.1. The third kappa shape index (κ3) is 5.73. The molecule has 0 fully saturated rings. The van der Waals surface area contributed by atoms with Crippen molar-refractivity contribution in [3.63, 3.8) is 0 Å². The predicted molar refractivity (Wildman–Crippen MR) is 119 cm³/mol. The van der Waals surface area contributed by atoms with Gasteiger partial charge in [0.15, 0.2) is 11.5 Å². The molecule has 3 aromatic rings. The number of carbonyl (C=O) groups is 1. The smallest absolute Gasteiger partial charge is 0.269 e. The molecule has 7 nitrogen and oxygen atoms in total. The van der Waals surface area contributed by atoms with Gasteiger partial charge in [-0.25, -0.2) is 0 Å². The number of nitro benzene ring substituents is 1. The molecule has 0 unspecified atom stereocenters. The third-order valence-corrected chi connectivity index (χ3v) is 4.69. The summed E-state index contributed by atoms with van der Waals surface area (Å²) in [5.41, 5.74) is 2.76. The maximum Gasteiger partial charge on any atom is 0.269 e. The average Bonchev–Trinajstić information content (AvgIpc) is 2.74. The largest absolute Gasteiger partial charge is 0.490 e. The van der Waals surface area contributed by atoms with Crippen molar-refractivity contribution in [1.82, 2.24) is 0 Å². The van der Waals surface area contributed by atoms with Gasteiger partial charge in [0.2, 0.25) is 0 Å². The zero-order chi connectivity index (χ0) is 22.4. The molecule has 0 aliphatic carbocycles. The van der Waals surface area contributed by atoms with E-state index in [0.29, 0.717) is 30.4 Å². The summed E-state index contributed by atoms with van der Waals surface area (Å²) in [6, 6.07) is 16.5. The number of benzene rings is 3. The van der Waals surface area contributed by atoms with E-state index in [0.717, 1.165) is 11.1 Å². The number of hydrogen-bond donors (Lipinski definition) is 1. The highest BCUT2D eigenvalue weighted by Gasteiger charge is 2.17. The van der Waals surface area contributed by atoms with Gasteiger partial charge >= 0.3 is 0 Å². The molecule has 0 bridgehead atoms. The predicted octanol–water partition coefficient (Wildman–Crippen LogP) is 5.79. The molecule has 0 atom stereocenters. The van der Waals surface area contributed by atoms with Crippen LogP contribution in [0.3, 0.4) is 0 Å². The molecule has 0 saturated carbocycles. The Kier molecular flexibility index (Phi) is 7.10. The van der Waals surface area contributed by atoms with E-state index in [1.807, 2.05) is 38.1 Å². The lowest BCUT2D eigenvalue weighted by Gasteiger charge is -2.15. The zero-order valence-corrected chi connectivity index (χ0v) is 17.8. The van der Waals surface area contributed by atoms with E-state index in [9.17, 15) is 14.9 Å². The zero-order valence-electron chi connectivity index (χ0n) is 17.1. The molecule has 0 saturated heterocycles. The Morgan fingerprint density at radius 2 is 1.74 bits per heavy atom. The van der Waals surface area contributed by atoms with E-state index in [-0.39, 0.29) is 16.3 Å². The normalized spacial score (nSPS) is 10.4. The Morgan fingerprint density at radius 1 is 1.06 bits per heavy atom. The van der Waals surface area contributed by atoms with E-state index in [1.54, 1.807) is 6.07 Å². The first-order chi connectivity index (χ1) is 14.9. The lowest BCUT2D eigenvalue weighted by atomic mass is 10.1. The maximum absolute atomic E-state index is 12.7. The van der Waals surface area contributed by atoms with Crippen LogP contribution in [0, 0.1) is 17.0 Å². The first-order valence-corrected chi connectivity index (χ1v) is 9.95. The minimum absolute atomic E-state index is 0.0604. The molecule has 3 rings (SSSR count). The Balaban J connectivity index is 1.78. The van der Waals surface area contributed by atoms with Crippen molar-refractivity contribution >= 4 is 28.9 Å². The molecule has 0 aliphatic rings. The van der Waals surface area contributed by atoms with Crippen LogP contribution >= 0.6 is 11.6 Å². The van der Waals surface area contributed by atoms with Crippen LogP contribution in [0.15, 0.2) is 60.7 Å². The number of anilines is 1.